The number of benzene rings is 1. The Labute approximate surface area is 110 Å². The molecule has 19 heavy (non-hydrogen) atoms. The standard InChI is InChI=1S/C14H14N2O3/c1-8(2)19-14(18)10-3-4-11-9(7-10)5-6-16-12(11)13(15)17/h3-8H,1-2H3,(H2,15,17). The minimum atomic E-state index is -0.594. The quantitative estimate of drug-likeness (QED) is 0.852. The van der Waals surface area contributed by atoms with Crippen molar-refractivity contribution < 1.29 is 14.3 Å². The van der Waals surface area contributed by atoms with Gasteiger partial charge in [0.25, 0.3) is 5.91 Å². The number of nitrogens with two attached hydrogens (primary N) is 1. The van der Waals surface area contributed by atoms with E-state index in [0.29, 0.717) is 10.9 Å². The Kier molecular flexibility index (Phi) is 3.46. The van der Waals surface area contributed by atoms with Crippen molar-refractivity contribution >= 4 is 22.6 Å². The van der Waals surface area contributed by atoms with Crippen LogP contribution in [0.1, 0.15) is 34.7 Å². The molecule has 2 N–H and O–H groups in total. The van der Waals surface area contributed by atoms with Crippen LogP contribution in [0.5, 0.6) is 0 Å². The highest BCUT2D eigenvalue weighted by molar-refractivity contribution is 6.06. The topological polar surface area (TPSA) is 82.3 Å². The van der Waals surface area contributed by atoms with E-state index in [0.717, 1.165) is 5.39 Å². The molecule has 98 valence electrons. The minimum Gasteiger partial charge on any atom is -0.459 e. The zero-order chi connectivity index (χ0) is 14.0. The predicted octanol–water partition coefficient (Wildman–Crippen LogP) is 1.90. The molecular weight excluding hydrogens is 244 g/mol. The van der Waals surface area contributed by atoms with Crippen molar-refractivity contribution in [2.75, 3.05) is 0 Å². The van der Waals surface area contributed by atoms with Crippen molar-refractivity contribution in [1.82, 2.24) is 4.98 Å². The van der Waals surface area contributed by atoms with Crippen LogP contribution in [0.3, 0.4) is 0 Å². The van der Waals surface area contributed by atoms with Gasteiger partial charge in [0.15, 0.2) is 0 Å². The Morgan fingerprint density at radius 1 is 1.26 bits per heavy atom. The molecule has 0 saturated heterocycles. The molecule has 1 aromatic carbocycles. The summed E-state index contributed by atoms with van der Waals surface area (Å²) in [5, 5.41) is 1.35. The number of hydrogen-bond donors (Lipinski definition) is 1. The molecule has 1 heterocycles. The molecule has 0 atom stereocenters. The number of carbonyl (C=O) groups is 2. The predicted molar refractivity (Wildman–Crippen MR) is 70.8 cm³/mol. The van der Waals surface area contributed by atoms with Gasteiger partial charge in [0, 0.05) is 11.6 Å². The summed E-state index contributed by atoms with van der Waals surface area (Å²) in [5.74, 6) is -0.988. The Morgan fingerprint density at radius 2 is 2.00 bits per heavy atom. The third-order valence-corrected chi connectivity index (χ3v) is 2.58. The minimum absolute atomic E-state index is 0.179. The van der Waals surface area contributed by atoms with E-state index in [9.17, 15) is 9.59 Å². The highest BCUT2D eigenvalue weighted by atomic mass is 16.5. The molecule has 1 amide bonds. The van der Waals surface area contributed by atoms with Crippen molar-refractivity contribution in [3.63, 3.8) is 0 Å². The van der Waals surface area contributed by atoms with Gasteiger partial charge in [0.2, 0.25) is 0 Å². The fourth-order valence-corrected chi connectivity index (χ4v) is 1.78. The fraction of sp³-hybridized carbons (Fsp3) is 0.214. The normalized spacial score (nSPS) is 10.7. The molecule has 1 aromatic heterocycles. The molecule has 0 unspecified atom stereocenters. The van der Waals surface area contributed by atoms with E-state index in [1.54, 1.807) is 38.1 Å². The van der Waals surface area contributed by atoms with Crippen LogP contribution in [-0.2, 0) is 4.74 Å². The SMILES string of the molecule is CC(C)OC(=O)c1ccc2c(C(N)=O)nccc2c1. The summed E-state index contributed by atoms with van der Waals surface area (Å²) < 4.78 is 5.12. The largest absolute Gasteiger partial charge is 0.459 e. The number of fused-ring (bicyclic) bond motifs is 1. The molecular formula is C14H14N2O3. The number of ether oxygens (including phenoxy) is 1. The molecule has 0 aliphatic rings. The average molecular weight is 258 g/mol. The van der Waals surface area contributed by atoms with E-state index in [2.05, 4.69) is 4.98 Å². The molecule has 0 spiro atoms. The van der Waals surface area contributed by atoms with Crippen LogP contribution < -0.4 is 5.73 Å². The third-order valence-electron chi connectivity index (χ3n) is 2.58. The highest BCUT2D eigenvalue weighted by Crippen LogP contribution is 2.19. The smallest absolute Gasteiger partial charge is 0.338 e. The van der Waals surface area contributed by atoms with Crippen molar-refractivity contribution in [3.05, 3.63) is 41.7 Å². The summed E-state index contributed by atoms with van der Waals surface area (Å²) in [4.78, 5) is 27.0. The zero-order valence-electron chi connectivity index (χ0n) is 10.7. The lowest BCUT2D eigenvalue weighted by atomic mass is 10.1. The Balaban J connectivity index is 2.47. The van der Waals surface area contributed by atoms with E-state index in [1.165, 1.54) is 6.20 Å². The maximum Gasteiger partial charge on any atom is 0.338 e. The first-order valence-corrected chi connectivity index (χ1v) is 5.88. The van der Waals surface area contributed by atoms with Gasteiger partial charge in [-0.25, -0.2) is 4.79 Å². The van der Waals surface area contributed by atoms with Crippen LogP contribution in [0.15, 0.2) is 30.5 Å². The van der Waals surface area contributed by atoms with Gasteiger partial charge in [0.1, 0.15) is 5.69 Å². The second-order valence-electron chi connectivity index (χ2n) is 4.41. The number of pyridine rings is 1. The first-order valence-electron chi connectivity index (χ1n) is 5.88. The van der Waals surface area contributed by atoms with Gasteiger partial charge in [-0.1, -0.05) is 6.07 Å². The highest BCUT2D eigenvalue weighted by Gasteiger charge is 2.12. The van der Waals surface area contributed by atoms with Crippen LogP contribution in [0, 0.1) is 0 Å². The average Bonchev–Trinajstić information content (AvgIpc) is 2.36. The molecule has 0 fully saturated rings. The fourth-order valence-electron chi connectivity index (χ4n) is 1.78. The summed E-state index contributed by atoms with van der Waals surface area (Å²) in [5.41, 5.74) is 5.88. The number of amides is 1. The van der Waals surface area contributed by atoms with E-state index < -0.39 is 11.9 Å². The molecule has 5 heteroatoms. The second kappa shape index (κ2) is 5.06. The Hall–Kier alpha value is -2.43. The second-order valence-corrected chi connectivity index (χ2v) is 4.41. The van der Waals surface area contributed by atoms with Crippen molar-refractivity contribution in [1.29, 1.82) is 0 Å². The van der Waals surface area contributed by atoms with Gasteiger partial charge < -0.3 is 10.5 Å². The van der Waals surface area contributed by atoms with E-state index in [4.69, 9.17) is 10.5 Å². The van der Waals surface area contributed by atoms with Crippen LogP contribution in [0.2, 0.25) is 0 Å². The molecule has 2 rings (SSSR count). The summed E-state index contributed by atoms with van der Waals surface area (Å²) in [6.45, 7) is 3.57. The number of nitrogens with zero attached hydrogens (tertiary/aromatic N) is 1. The summed E-state index contributed by atoms with van der Waals surface area (Å²) >= 11 is 0. The van der Waals surface area contributed by atoms with E-state index in [-0.39, 0.29) is 11.8 Å². The maximum absolute atomic E-state index is 11.8. The number of carbonyl (C=O) groups excluding carboxylic acids is 2. The van der Waals surface area contributed by atoms with Gasteiger partial charge >= 0.3 is 5.97 Å². The summed E-state index contributed by atoms with van der Waals surface area (Å²) in [6, 6.07) is 6.63. The molecule has 5 nitrogen and oxygen atoms in total. The number of esters is 1. The number of hydrogen-bond acceptors (Lipinski definition) is 4. The van der Waals surface area contributed by atoms with E-state index in [1.807, 2.05) is 0 Å². The lowest BCUT2D eigenvalue weighted by Crippen LogP contribution is -2.14. The Morgan fingerprint density at radius 3 is 2.63 bits per heavy atom. The van der Waals surface area contributed by atoms with Crippen molar-refractivity contribution in [2.45, 2.75) is 20.0 Å². The third kappa shape index (κ3) is 2.70. The van der Waals surface area contributed by atoms with Crippen LogP contribution in [-0.4, -0.2) is 23.0 Å². The van der Waals surface area contributed by atoms with Gasteiger partial charge in [0.05, 0.1) is 11.7 Å². The van der Waals surface area contributed by atoms with Crippen LogP contribution in [0.4, 0.5) is 0 Å². The Bertz CT molecular complexity index is 650. The summed E-state index contributed by atoms with van der Waals surface area (Å²) in [6.07, 6.45) is 1.31. The zero-order valence-corrected chi connectivity index (χ0v) is 10.7. The van der Waals surface area contributed by atoms with Gasteiger partial charge in [-0.2, -0.15) is 0 Å². The lowest BCUT2D eigenvalue weighted by molar-refractivity contribution is 0.0378. The van der Waals surface area contributed by atoms with Crippen LogP contribution >= 0.6 is 0 Å². The van der Waals surface area contributed by atoms with Crippen LogP contribution in [0.25, 0.3) is 10.8 Å². The molecule has 0 bridgehead atoms. The molecule has 0 saturated carbocycles. The van der Waals surface area contributed by atoms with Crippen molar-refractivity contribution in [2.24, 2.45) is 5.73 Å². The van der Waals surface area contributed by atoms with Crippen molar-refractivity contribution in [3.8, 4) is 0 Å². The maximum atomic E-state index is 11.8. The summed E-state index contributed by atoms with van der Waals surface area (Å²) in [7, 11) is 0. The first kappa shape index (κ1) is 13.0. The monoisotopic (exact) mass is 258 g/mol. The number of aromatic nitrogens is 1. The number of primary amides is 1. The van der Waals surface area contributed by atoms with Gasteiger partial charge in [-0.05, 0) is 37.4 Å². The molecule has 0 aliphatic heterocycles. The van der Waals surface area contributed by atoms with Gasteiger partial charge in [-0.3, -0.25) is 9.78 Å². The first-order chi connectivity index (χ1) is 8.99. The molecule has 2 aromatic rings. The lowest BCUT2D eigenvalue weighted by Gasteiger charge is -2.09. The molecule has 0 radical (unpaired) electrons. The van der Waals surface area contributed by atoms with E-state index >= 15 is 0 Å². The van der Waals surface area contributed by atoms with Gasteiger partial charge in [-0.15, -0.1) is 0 Å². The number of rotatable bonds is 3. The molecule has 0 aliphatic carbocycles.